The molecule has 2 aliphatic carbocycles. The van der Waals surface area contributed by atoms with E-state index >= 15 is 0 Å². The lowest BCUT2D eigenvalue weighted by atomic mass is 10.0. The highest BCUT2D eigenvalue weighted by molar-refractivity contribution is 7.91. The van der Waals surface area contributed by atoms with Gasteiger partial charge in [0.05, 0.1) is 29.7 Å². The third-order valence-corrected chi connectivity index (χ3v) is 11.2. The second kappa shape index (κ2) is 15.1. The number of sulfonamides is 1. The zero-order valence-electron chi connectivity index (χ0n) is 29.3. The van der Waals surface area contributed by atoms with E-state index in [4.69, 9.17) is 9.47 Å². The Morgan fingerprint density at radius 3 is 2.51 bits per heavy atom. The number of nitrogens with one attached hydrogen (secondary N) is 4. The highest BCUT2D eigenvalue weighted by Crippen LogP contribution is 2.46. The number of pyridine rings is 1. The molecule has 1 aromatic heterocycles. The molecule has 0 bridgehead atoms. The van der Waals surface area contributed by atoms with Gasteiger partial charge in [0.2, 0.25) is 21.8 Å². The number of halogens is 1. The molecule has 2 aliphatic heterocycles. The van der Waals surface area contributed by atoms with Gasteiger partial charge in [0, 0.05) is 12.3 Å². The van der Waals surface area contributed by atoms with Gasteiger partial charge in [-0.2, -0.15) is 0 Å². The smallest absolute Gasteiger partial charge is 0.408 e. The van der Waals surface area contributed by atoms with Crippen LogP contribution in [0.4, 0.5) is 14.0 Å². The van der Waals surface area contributed by atoms with Gasteiger partial charge in [0.1, 0.15) is 35.1 Å². The number of ether oxygens (including phenoxy) is 2. The fraction of sp³-hybridized carbons (Fsp3) is 0.647. The van der Waals surface area contributed by atoms with Crippen LogP contribution in [-0.2, 0) is 33.9 Å². The molecule has 3 heterocycles. The molecular weight excluding hydrogens is 687 g/mol. The summed E-state index contributed by atoms with van der Waals surface area (Å²) in [5.74, 6) is -3.21. The van der Waals surface area contributed by atoms with Gasteiger partial charge in [-0.1, -0.05) is 25.0 Å². The summed E-state index contributed by atoms with van der Waals surface area (Å²) in [4.78, 5) is 72.9. The Labute approximate surface area is 296 Å². The van der Waals surface area contributed by atoms with Gasteiger partial charge in [0.15, 0.2) is 0 Å². The van der Waals surface area contributed by atoms with Gasteiger partial charge in [0.25, 0.3) is 5.91 Å². The summed E-state index contributed by atoms with van der Waals surface area (Å²) in [5, 5.41) is 7.37. The maximum Gasteiger partial charge on any atom is 0.408 e. The summed E-state index contributed by atoms with van der Waals surface area (Å²) in [6, 6.07) is -0.371. The van der Waals surface area contributed by atoms with Crippen LogP contribution in [0.15, 0.2) is 30.5 Å². The first-order valence-electron chi connectivity index (χ1n) is 17.4. The fourth-order valence-corrected chi connectivity index (χ4v) is 7.74. The van der Waals surface area contributed by atoms with E-state index in [0.717, 1.165) is 12.6 Å². The van der Waals surface area contributed by atoms with Crippen LogP contribution in [-0.4, -0.2) is 89.3 Å². The van der Waals surface area contributed by atoms with Gasteiger partial charge in [-0.05, 0) is 78.4 Å². The summed E-state index contributed by atoms with van der Waals surface area (Å²) in [6.45, 7) is 6.47. The van der Waals surface area contributed by atoms with Crippen LogP contribution in [0.2, 0.25) is 0 Å². The SMILES string of the molecule is C[C@H](NC(=O)O[C@@H]1CC2C(=O)N[C@]3(C(=O)NS(=O)(=O)C4CC4)C[C@H]3C=CCCCCC[C@H](NC(=O)OC(C)(C)C)C(=O)N2C1)c1ccc(F)cn1. The molecule has 0 radical (unpaired) electrons. The number of carbonyl (C=O) groups is 5. The van der Waals surface area contributed by atoms with Gasteiger partial charge >= 0.3 is 12.2 Å². The Morgan fingerprint density at radius 2 is 1.84 bits per heavy atom. The van der Waals surface area contributed by atoms with E-state index in [1.54, 1.807) is 33.8 Å². The minimum atomic E-state index is -3.92. The molecule has 0 aromatic carbocycles. The second-order valence-electron chi connectivity index (χ2n) is 14.7. The number of hydrogen-bond donors (Lipinski definition) is 4. The van der Waals surface area contributed by atoms with Gasteiger partial charge in [-0.25, -0.2) is 22.4 Å². The van der Waals surface area contributed by atoms with Crippen molar-refractivity contribution >= 4 is 39.9 Å². The highest BCUT2D eigenvalue weighted by atomic mass is 32.2. The Bertz CT molecular complexity index is 1650. The van der Waals surface area contributed by atoms with Crippen molar-refractivity contribution in [3.05, 3.63) is 42.0 Å². The first kappa shape index (κ1) is 38.0. The van der Waals surface area contributed by atoms with Crippen molar-refractivity contribution in [2.75, 3.05) is 6.54 Å². The van der Waals surface area contributed by atoms with Crippen molar-refractivity contribution < 1.29 is 46.3 Å². The molecule has 17 heteroatoms. The van der Waals surface area contributed by atoms with Crippen molar-refractivity contribution in [3.63, 3.8) is 0 Å². The molecule has 0 spiro atoms. The number of amides is 5. The average molecular weight is 735 g/mol. The van der Waals surface area contributed by atoms with Crippen LogP contribution >= 0.6 is 0 Å². The van der Waals surface area contributed by atoms with Crippen molar-refractivity contribution in [1.82, 2.24) is 30.6 Å². The summed E-state index contributed by atoms with van der Waals surface area (Å²) in [6.07, 6.45) is 5.89. The number of nitrogens with zero attached hydrogens (tertiary/aromatic N) is 2. The molecule has 4 aliphatic rings. The lowest BCUT2D eigenvalue weighted by Gasteiger charge is -2.30. The minimum absolute atomic E-state index is 0.147. The Hall–Kier alpha value is -4.28. The lowest BCUT2D eigenvalue weighted by molar-refractivity contribution is -0.141. The molecule has 4 N–H and O–H groups in total. The summed E-state index contributed by atoms with van der Waals surface area (Å²) in [7, 11) is -3.92. The summed E-state index contributed by atoms with van der Waals surface area (Å²) in [5.41, 5.74) is -2.03. The molecule has 6 atom stereocenters. The first-order valence-corrected chi connectivity index (χ1v) is 19.0. The van der Waals surface area contributed by atoms with E-state index in [1.165, 1.54) is 17.0 Å². The second-order valence-corrected chi connectivity index (χ2v) is 16.7. The van der Waals surface area contributed by atoms with Crippen molar-refractivity contribution in [1.29, 1.82) is 0 Å². The third kappa shape index (κ3) is 9.74. The average Bonchev–Trinajstić information content (AvgIpc) is 3.96. The molecule has 1 unspecified atom stereocenters. The van der Waals surface area contributed by atoms with E-state index in [-0.39, 0.29) is 25.8 Å². The van der Waals surface area contributed by atoms with Gasteiger partial charge in [-0.15, -0.1) is 0 Å². The van der Waals surface area contributed by atoms with E-state index in [2.05, 4.69) is 25.7 Å². The predicted molar refractivity (Wildman–Crippen MR) is 181 cm³/mol. The molecule has 3 fully saturated rings. The molecular formula is C34H47FN6O9S. The van der Waals surface area contributed by atoms with E-state index in [0.29, 0.717) is 37.8 Å². The van der Waals surface area contributed by atoms with E-state index in [9.17, 15) is 36.8 Å². The number of hydrogen-bond acceptors (Lipinski definition) is 10. The predicted octanol–water partition coefficient (Wildman–Crippen LogP) is 2.87. The molecule has 2 saturated carbocycles. The number of carbonyl (C=O) groups excluding carboxylic acids is 5. The minimum Gasteiger partial charge on any atom is -0.444 e. The van der Waals surface area contributed by atoms with Crippen LogP contribution in [0.3, 0.4) is 0 Å². The molecule has 15 nitrogen and oxygen atoms in total. The molecule has 1 saturated heterocycles. The zero-order valence-corrected chi connectivity index (χ0v) is 30.1. The Balaban J connectivity index is 1.39. The van der Waals surface area contributed by atoms with Crippen LogP contribution in [0.1, 0.15) is 97.2 Å². The summed E-state index contributed by atoms with van der Waals surface area (Å²) < 4.78 is 52.0. The van der Waals surface area contributed by atoms with E-state index in [1.807, 2.05) is 6.08 Å². The van der Waals surface area contributed by atoms with Gasteiger partial charge < -0.3 is 30.3 Å². The quantitative estimate of drug-likeness (QED) is 0.302. The maximum absolute atomic E-state index is 14.2. The fourth-order valence-electron chi connectivity index (χ4n) is 6.38. The summed E-state index contributed by atoms with van der Waals surface area (Å²) >= 11 is 0. The van der Waals surface area contributed by atoms with Crippen LogP contribution < -0.4 is 20.7 Å². The molecule has 5 rings (SSSR count). The number of aromatic nitrogens is 1. The Kier molecular flexibility index (Phi) is 11.3. The number of rotatable bonds is 7. The zero-order chi connectivity index (χ0) is 37.1. The first-order chi connectivity index (χ1) is 24.0. The highest BCUT2D eigenvalue weighted by Gasteiger charge is 2.62. The molecule has 51 heavy (non-hydrogen) atoms. The molecule has 5 amide bonds. The van der Waals surface area contributed by atoms with Crippen LogP contribution in [0.5, 0.6) is 0 Å². The molecule has 1 aromatic rings. The lowest BCUT2D eigenvalue weighted by Crippen LogP contribution is -2.58. The van der Waals surface area contributed by atoms with Gasteiger partial charge in [-0.3, -0.25) is 24.1 Å². The number of alkyl carbamates (subject to hydrolysis) is 2. The standard InChI is InChI=1S/C34H47FN6O9S/c1-20(25-15-12-22(35)18-36-25)37-31(45)49-23-16-27-28(42)39-34(30(44)40-51(47,48)24-13-14-24)17-21(34)10-8-6-5-7-9-11-26(29(43)41(27)19-23)38-32(46)50-33(2,3)4/h8,10,12,15,18,20-21,23-24,26-27H,5-7,9,11,13-14,16-17,19H2,1-4H3,(H,37,45)(H,38,46)(H,39,42)(H,40,44)/t20-,21+,23+,26-,27?,34+/m0/s1. The monoisotopic (exact) mass is 734 g/mol. The number of fused-ring (bicyclic) bond motifs is 2. The van der Waals surface area contributed by atoms with Crippen LogP contribution in [0, 0.1) is 11.7 Å². The topological polar surface area (TPSA) is 202 Å². The third-order valence-electron chi connectivity index (χ3n) is 9.34. The van der Waals surface area contributed by atoms with Crippen molar-refractivity contribution in [2.45, 2.75) is 126 Å². The number of allylic oxidation sites excluding steroid dienone is 1. The largest absolute Gasteiger partial charge is 0.444 e. The normalized spacial score (nSPS) is 27.7. The Morgan fingerprint density at radius 1 is 1.10 bits per heavy atom. The molecule has 280 valence electrons. The van der Waals surface area contributed by atoms with E-state index < -0.39 is 92.3 Å². The maximum atomic E-state index is 14.2. The van der Waals surface area contributed by atoms with Crippen molar-refractivity contribution in [2.24, 2.45) is 5.92 Å². The van der Waals surface area contributed by atoms with Crippen LogP contribution in [0.25, 0.3) is 0 Å². The van der Waals surface area contributed by atoms with Crippen molar-refractivity contribution in [3.8, 4) is 0 Å².